The Balaban J connectivity index is 1.51. The van der Waals surface area contributed by atoms with Crippen LogP contribution in [0.4, 0.5) is 15.9 Å². The molecule has 30 heavy (non-hydrogen) atoms. The Kier molecular flexibility index (Phi) is 5.57. The molecule has 0 atom stereocenters. The number of anilines is 2. The molecule has 0 radical (unpaired) electrons. The van der Waals surface area contributed by atoms with Crippen LogP contribution >= 0.6 is 0 Å². The third kappa shape index (κ3) is 4.22. The average Bonchev–Trinajstić information content (AvgIpc) is 2.78. The number of hydrogen-bond acceptors (Lipinski definition) is 5. The first-order valence-corrected chi connectivity index (χ1v) is 9.34. The third-order valence-corrected chi connectivity index (χ3v) is 4.65. The van der Waals surface area contributed by atoms with E-state index < -0.39 is 0 Å². The Labute approximate surface area is 173 Å². The van der Waals surface area contributed by atoms with E-state index in [9.17, 15) is 4.39 Å². The molecule has 0 saturated carbocycles. The van der Waals surface area contributed by atoms with Crippen LogP contribution in [0.2, 0.25) is 0 Å². The van der Waals surface area contributed by atoms with Gasteiger partial charge in [0.05, 0.1) is 19.7 Å². The molecule has 0 spiro atoms. The summed E-state index contributed by atoms with van der Waals surface area (Å²) < 4.78 is 24.2. The Morgan fingerprint density at radius 3 is 2.30 bits per heavy atom. The number of fused-ring (bicyclic) bond motifs is 1. The van der Waals surface area contributed by atoms with Gasteiger partial charge in [-0.15, -0.1) is 0 Å². The molecule has 1 N–H and O–H groups in total. The quantitative estimate of drug-likeness (QED) is 0.420. The lowest BCUT2D eigenvalue weighted by atomic mass is 10.1. The van der Waals surface area contributed by atoms with Crippen molar-refractivity contribution in [2.45, 2.75) is 0 Å². The van der Waals surface area contributed by atoms with Gasteiger partial charge in [0.2, 0.25) is 0 Å². The first-order chi connectivity index (χ1) is 14.7. The molecule has 0 aliphatic carbocycles. The highest BCUT2D eigenvalue weighted by atomic mass is 19.1. The highest BCUT2D eigenvalue weighted by molar-refractivity contribution is 5.90. The van der Waals surface area contributed by atoms with E-state index in [1.54, 1.807) is 20.3 Å². The molecular weight excluding hydrogens is 381 g/mol. The Morgan fingerprint density at radius 1 is 0.800 bits per heavy atom. The number of hydrogen-bond donors (Lipinski definition) is 1. The molecule has 6 heteroatoms. The molecule has 5 nitrogen and oxygen atoms in total. The predicted octanol–water partition coefficient (Wildman–Crippen LogP) is 5.70. The summed E-state index contributed by atoms with van der Waals surface area (Å²) in [5.74, 6) is 1.62. The van der Waals surface area contributed by atoms with Crippen molar-refractivity contribution < 1.29 is 13.9 Å². The zero-order valence-electron chi connectivity index (χ0n) is 16.6. The van der Waals surface area contributed by atoms with Gasteiger partial charge in [-0.1, -0.05) is 30.4 Å². The molecule has 0 saturated heterocycles. The summed E-state index contributed by atoms with van der Waals surface area (Å²) >= 11 is 0. The second kappa shape index (κ2) is 8.61. The number of ether oxygens (including phenoxy) is 2. The fourth-order valence-corrected chi connectivity index (χ4v) is 3.09. The van der Waals surface area contributed by atoms with Gasteiger partial charge in [-0.25, -0.2) is 14.4 Å². The zero-order valence-corrected chi connectivity index (χ0v) is 16.6. The van der Waals surface area contributed by atoms with Crippen molar-refractivity contribution in [3.63, 3.8) is 0 Å². The minimum absolute atomic E-state index is 0.323. The van der Waals surface area contributed by atoms with E-state index in [1.807, 2.05) is 54.6 Å². The van der Waals surface area contributed by atoms with Gasteiger partial charge in [-0.3, -0.25) is 0 Å². The fraction of sp³-hybridized carbons (Fsp3) is 0.0833. The summed E-state index contributed by atoms with van der Waals surface area (Å²) in [6.45, 7) is 0. The van der Waals surface area contributed by atoms with Crippen LogP contribution in [-0.2, 0) is 0 Å². The Morgan fingerprint density at radius 2 is 1.53 bits per heavy atom. The molecule has 0 amide bonds. The minimum Gasteiger partial charge on any atom is -0.493 e. The van der Waals surface area contributed by atoms with Gasteiger partial charge in [-0.2, -0.15) is 0 Å². The number of methoxy groups -OCH3 is 2. The highest BCUT2D eigenvalue weighted by Gasteiger charge is 2.06. The zero-order chi connectivity index (χ0) is 20.9. The van der Waals surface area contributed by atoms with Gasteiger partial charge in [0.25, 0.3) is 0 Å². The van der Waals surface area contributed by atoms with Crippen molar-refractivity contribution >= 4 is 34.6 Å². The van der Waals surface area contributed by atoms with Gasteiger partial charge >= 0.3 is 0 Å². The molecule has 0 unspecified atom stereocenters. The van der Waals surface area contributed by atoms with Crippen LogP contribution < -0.4 is 14.8 Å². The maximum atomic E-state index is 13.6. The van der Waals surface area contributed by atoms with Crippen molar-refractivity contribution in [1.29, 1.82) is 0 Å². The van der Waals surface area contributed by atoms with Gasteiger partial charge in [0.1, 0.15) is 18.0 Å². The first-order valence-electron chi connectivity index (χ1n) is 9.34. The predicted molar refractivity (Wildman–Crippen MR) is 118 cm³/mol. The van der Waals surface area contributed by atoms with E-state index in [0.717, 1.165) is 16.8 Å². The van der Waals surface area contributed by atoms with Crippen molar-refractivity contribution in [1.82, 2.24) is 9.97 Å². The fourth-order valence-electron chi connectivity index (χ4n) is 3.09. The summed E-state index contributed by atoms with van der Waals surface area (Å²) in [5.41, 5.74) is 3.57. The van der Waals surface area contributed by atoms with Gasteiger partial charge < -0.3 is 14.8 Å². The summed E-state index contributed by atoms with van der Waals surface area (Å²) in [6.07, 6.45) is 5.48. The lowest BCUT2D eigenvalue weighted by Gasteiger charge is -2.09. The van der Waals surface area contributed by atoms with E-state index in [2.05, 4.69) is 15.3 Å². The average molecular weight is 401 g/mol. The van der Waals surface area contributed by atoms with Crippen LogP contribution in [0.15, 0.2) is 67.0 Å². The van der Waals surface area contributed by atoms with Crippen LogP contribution in [0.5, 0.6) is 11.5 Å². The number of rotatable bonds is 6. The number of halogens is 1. The van der Waals surface area contributed by atoms with E-state index in [4.69, 9.17) is 9.47 Å². The smallest absolute Gasteiger partial charge is 0.161 e. The van der Waals surface area contributed by atoms with Gasteiger partial charge in [0, 0.05) is 11.1 Å². The molecule has 0 bridgehead atoms. The maximum Gasteiger partial charge on any atom is 0.161 e. The second-order valence-electron chi connectivity index (χ2n) is 6.58. The van der Waals surface area contributed by atoms with Crippen molar-refractivity contribution in [3.8, 4) is 11.5 Å². The Hall–Kier alpha value is -3.93. The van der Waals surface area contributed by atoms with E-state index in [-0.39, 0.29) is 5.82 Å². The topological polar surface area (TPSA) is 56.3 Å². The molecule has 0 aliphatic heterocycles. The second-order valence-corrected chi connectivity index (χ2v) is 6.58. The van der Waals surface area contributed by atoms with E-state index in [1.165, 1.54) is 18.5 Å². The first kappa shape index (κ1) is 19.4. The van der Waals surface area contributed by atoms with Crippen LogP contribution in [-0.4, -0.2) is 24.2 Å². The normalized spacial score (nSPS) is 11.0. The van der Waals surface area contributed by atoms with Crippen molar-refractivity contribution in [2.75, 3.05) is 19.5 Å². The molecule has 0 fully saturated rings. The van der Waals surface area contributed by atoms with E-state index >= 15 is 0 Å². The lowest BCUT2D eigenvalue weighted by Crippen LogP contribution is -1.96. The lowest BCUT2D eigenvalue weighted by molar-refractivity contribution is 0.355. The standard InChI is InChI=1S/C24H20FN3O2/c1-29-22-12-7-17(13-23(22)30-2)4-3-16-5-9-19(10-6-16)28-24-20-14-18(25)8-11-21(20)26-15-27-24/h3-15H,1-2H3,(H,26,27,28)/b4-3+. The SMILES string of the molecule is COc1ccc(/C=C/c2ccc(Nc3ncnc4ccc(F)cc34)cc2)cc1OC. The monoisotopic (exact) mass is 401 g/mol. The van der Waals surface area contributed by atoms with Crippen LogP contribution in [0.3, 0.4) is 0 Å². The molecular formula is C24H20FN3O2. The van der Waals surface area contributed by atoms with Crippen LogP contribution in [0, 0.1) is 5.82 Å². The maximum absolute atomic E-state index is 13.6. The van der Waals surface area contributed by atoms with Gasteiger partial charge in [0.15, 0.2) is 11.5 Å². The number of aromatic nitrogens is 2. The third-order valence-electron chi connectivity index (χ3n) is 4.65. The summed E-state index contributed by atoms with van der Waals surface area (Å²) in [7, 11) is 3.23. The minimum atomic E-state index is -0.323. The van der Waals surface area contributed by atoms with Crippen molar-refractivity contribution in [3.05, 3.63) is 83.9 Å². The molecule has 4 aromatic rings. The highest BCUT2D eigenvalue weighted by Crippen LogP contribution is 2.28. The molecule has 1 aromatic heterocycles. The number of nitrogens with zero attached hydrogens (tertiary/aromatic N) is 2. The molecule has 1 heterocycles. The number of nitrogens with one attached hydrogen (secondary N) is 1. The van der Waals surface area contributed by atoms with E-state index in [0.29, 0.717) is 28.2 Å². The largest absolute Gasteiger partial charge is 0.493 e. The van der Waals surface area contributed by atoms with Crippen LogP contribution in [0.1, 0.15) is 11.1 Å². The van der Waals surface area contributed by atoms with Gasteiger partial charge in [-0.05, 0) is 53.6 Å². The molecule has 0 aliphatic rings. The molecule has 3 aromatic carbocycles. The van der Waals surface area contributed by atoms with Crippen LogP contribution in [0.25, 0.3) is 23.1 Å². The summed E-state index contributed by atoms with van der Waals surface area (Å²) in [5, 5.41) is 3.86. The Bertz CT molecular complexity index is 1210. The molecule has 150 valence electrons. The number of benzene rings is 3. The summed E-state index contributed by atoms with van der Waals surface area (Å²) in [4.78, 5) is 8.42. The molecule has 4 rings (SSSR count). The summed E-state index contributed by atoms with van der Waals surface area (Å²) in [6, 6.07) is 18.1. The van der Waals surface area contributed by atoms with Crippen molar-refractivity contribution in [2.24, 2.45) is 0 Å².